The molecule has 5 N–H and O–H groups in total. The number of nitrogen functional groups attached to an aromatic ring is 1. The number of halogens is 2. The first-order chi connectivity index (χ1) is 12.5. The first kappa shape index (κ1) is 16.2. The molecule has 8 nitrogen and oxygen atoms in total. The Morgan fingerprint density at radius 3 is 2.96 bits per heavy atom. The van der Waals surface area contributed by atoms with Crippen molar-refractivity contribution in [2.24, 2.45) is 0 Å². The lowest BCUT2D eigenvalue weighted by Gasteiger charge is -2.09. The quantitative estimate of drug-likeness (QED) is 0.522. The van der Waals surface area contributed by atoms with Crippen molar-refractivity contribution >= 4 is 46.6 Å². The molecule has 0 aliphatic carbocycles. The number of hydrogen-bond donors (Lipinski definition) is 4. The zero-order valence-corrected chi connectivity index (χ0v) is 14.0. The summed E-state index contributed by atoms with van der Waals surface area (Å²) in [5.41, 5.74) is 7.60. The van der Waals surface area contributed by atoms with E-state index in [4.69, 9.17) is 17.3 Å². The van der Waals surface area contributed by atoms with Crippen LogP contribution in [0, 0.1) is 5.82 Å². The zero-order chi connectivity index (χ0) is 18.3. The van der Waals surface area contributed by atoms with Gasteiger partial charge in [-0.15, -0.1) is 0 Å². The minimum Gasteiger partial charge on any atom is -0.383 e. The summed E-state index contributed by atoms with van der Waals surface area (Å²) in [6.45, 7) is 0.361. The molecule has 1 aromatic carbocycles. The molecule has 0 atom stereocenters. The Morgan fingerprint density at radius 2 is 2.19 bits per heavy atom. The summed E-state index contributed by atoms with van der Waals surface area (Å²) < 4.78 is 15.4. The van der Waals surface area contributed by atoms with Gasteiger partial charge in [0.1, 0.15) is 23.1 Å². The Balaban J connectivity index is 1.76. The van der Waals surface area contributed by atoms with Crippen LogP contribution in [-0.2, 0) is 4.79 Å². The number of rotatable bonds is 3. The molecule has 0 unspecified atom stereocenters. The third kappa shape index (κ3) is 2.88. The van der Waals surface area contributed by atoms with Gasteiger partial charge in [-0.25, -0.2) is 9.37 Å². The molecule has 1 aliphatic rings. The van der Waals surface area contributed by atoms with Crippen molar-refractivity contribution < 1.29 is 9.18 Å². The Labute approximate surface area is 151 Å². The summed E-state index contributed by atoms with van der Waals surface area (Å²) in [7, 11) is 0. The number of carbonyl (C=O) groups is 1. The van der Waals surface area contributed by atoms with Gasteiger partial charge in [0.15, 0.2) is 5.65 Å². The molecule has 0 bridgehead atoms. The van der Waals surface area contributed by atoms with E-state index in [-0.39, 0.29) is 11.6 Å². The van der Waals surface area contributed by atoms with Crippen LogP contribution in [0.5, 0.6) is 0 Å². The number of nitrogens with one attached hydrogen (secondary N) is 3. The summed E-state index contributed by atoms with van der Waals surface area (Å²) in [6, 6.07) is 5.68. The molecule has 3 heterocycles. The number of nitrogens with two attached hydrogens (primary N) is 1. The summed E-state index contributed by atoms with van der Waals surface area (Å²) >= 11 is 5.91. The van der Waals surface area contributed by atoms with Crippen LogP contribution in [0.4, 0.5) is 21.7 Å². The number of fused-ring (bicyclic) bond motifs is 1. The van der Waals surface area contributed by atoms with Crippen LogP contribution in [0.2, 0.25) is 5.02 Å². The average molecular weight is 374 g/mol. The van der Waals surface area contributed by atoms with E-state index in [2.05, 4.69) is 26.0 Å². The highest BCUT2D eigenvalue weighted by atomic mass is 35.5. The normalized spacial score (nSPS) is 15.3. The third-order valence-electron chi connectivity index (χ3n) is 3.79. The highest BCUT2D eigenvalue weighted by Crippen LogP contribution is 2.25. The van der Waals surface area contributed by atoms with Crippen molar-refractivity contribution in [1.82, 2.24) is 25.2 Å². The molecular formula is C16H13ClFN7O. The van der Waals surface area contributed by atoms with Crippen LogP contribution >= 0.6 is 11.6 Å². The molecule has 26 heavy (non-hydrogen) atoms. The number of benzene rings is 1. The van der Waals surface area contributed by atoms with Crippen molar-refractivity contribution in [1.29, 1.82) is 0 Å². The maximum atomic E-state index is 13.9. The molecule has 4 rings (SSSR count). The smallest absolute Gasteiger partial charge is 0.268 e. The molecule has 1 saturated heterocycles. The summed E-state index contributed by atoms with van der Waals surface area (Å²) in [5.74, 6) is -0.0708. The number of carbonyl (C=O) groups excluding carboxylic acids is 1. The van der Waals surface area contributed by atoms with Crippen LogP contribution < -0.4 is 21.7 Å². The summed E-state index contributed by atoms with van der Waals surface area (Å²) in [6.07, 6.45) is 3.17. The van der Waals surface area contributed by atoms with Crippen LogP contribution in [0.25, 0.3) is 11.7 Å². The van der Waals surface area contributed by atoms with E-state index in [0.717, 1.165) is 0 Å². The van der Waals surface area contributed by atoms with Gasteiger partial charge in [0, 0.05) is 16.7 Å². The number of amides is 1. The van der Waals surface area contributed by atoms with Crippen LogP contribution in [0.3, 0.4) is 0 Å². The predicted octanol–water partition coefficient (Wildman–Crippen LogP) is 1.87. The van der Waals surface area contributed by atoms with E-state index in [0.29, 0.717) is 40.2 Å². The molecule has 10 heteroatoms. The van der Waals surface area contributed by atoms with E-state index < -0.39 is 5.82 Å². The fraction of sp³-hybridized carbons (Fsp3) is 0.0625. The minimum atomic E-state index is -0.475. The zero-order valence-electron chi connectivity index (χ0n) is 13.3. The van der Waals surface area contributed by atoms with Gasteiger partial charge in [0.25, 0.3) is 5.91 Å². The van der Waals surface area contributed by atoms with Gasteiger partial charge in [-0.3, -0.25) is 4.79 Å². The lowest BCUT2D eigenvalue weighted by molar-refractivity contribution is -0.116. The lowest BCUT2D eigenvalue weighted by Crippen LogP contribution is -2.14. The van der Waals surface area contributed by atoms with Crippen molar-refractivity contribution in [3.63, 3.8) is 0 Å². The maximum Gasteiger partial charge on any atom is 0.268 e. The highest BCUT2D eigenvalue weighted by molar-refractivity contribution is 6.30. The number of aromatic nitrogens is 3. The Morgan fingerprint density at radius 1 is 1.35 bits per heavy atom. The van der Waals surface area contributed by atoms with Crippen molar-refractivity contribution in [3.8, 4) is 0 Å². The molecular weight excluding hydrogens is 361 g/mol. The molecule has 0 saturated carbocycles. The first-order valence-corrected chi connectivity index (χ1v) is 7.99. The van der Waals surface area contributed by atoms with E-state index in [1.807, 2.05) is 0 Å². The second-order valence-corrected chi connectivity index (χ2v) is 6.00. The van der Waals surface area contributed by atoms with Crippen molar-refractivity contribution in [2.75, 3.05) is 17.7 Å². The molecule has 2 aromatic heterocycles. The van der Waals surface area contributed by atoms with Gasteiger partial charge in [-0.1, -0.05) is 11.6 Å². The highest BCUT2D eigenvalue weighted by Gasteiger charge is 2.17. The third-order valence-corrected chi connectivity index (χ3v) is 4.03. The molecule has 1 amide bonds. The maximum absolute atomic E-state index is 13.9. The lowest BCUT2D eigenvalue weighted by atomic mass is 10.2. The first-order valence-electron chi connectivity index (χ1n) is 7.61. The Kier molecular flexibility index (Phi) is 3.85. The largest absolute Gasteiger partial charge is 0.383 e. The molecule has 1 fully saturated rings. The SMILES string of the molecule is Nc1cc(Nc2cc(Cl)ccc2F)nc2c(/C=C3\NCNC3=O)cnn12. The second kappa shape index (κ2) is 6.19. The average Bonchev–Trinajstić information content (AvgIpc) is 3.19. The van der Waals surface area contributed by atoms with Crippen molar-refractivity contribution in [2.45, 2.75) is 0 Å². The van der Waals surface area contributed by atoms with E-state index >= 15 is 0 Å². The fourth-order valence-electron chi connectivity index (χ4n) is 2.57. The van der Waals surface area contributed by atoms with Gasteiger partial charge in [-0.2, -0.15) is 9.61 Å². The van der Waals surface area contributed by atoms with Gasteiger partial charge in [0.2, 0.25) is 0 Å². The molecule has 0 radical (unpaired) electrons. The van der Waals surface area contributed by atoms with E-state index in [9.17, 15) is 9.18 Å². The van der Waals surface area contributed by atoms with Gasteiger partial charge < -0.3 is 21.7 Å². The van der Waals surface area contributed by atoms with Gasteiger partial charge in [0.05, 0.1) is 18.6 Å². The Bertz CT molecular complexity index is 1060. The molecule has 0 spiro atoms. The number of anilines is 3. The number of hydrogen-bond acceptors (Lipinski definition) is 6. The van der Waals surface area contributed by atoms with Gasteiger partial charge >= 0.3 is 0 Å². The van der Waals surface area contributed by atoms with Crippen LogP contribution in [-0.4, -0.2) is 27.2 Å². The monoisotopic (exact) mass is 373 g/mol. The second-order valence-electron chi connectivity index (χ2n) is 5.57. The fourth-order valence-corrected chi connectivity index (χ4v) is 2.74. The molecule has 3 aromatic rings. The molecule has 1 aliphatic heterocycles. The minimum absolute atomic E-state index is 0.171. The topological polar surface area (TPSA) is 109 Å². The van der Waals surface area contributed by atoms with E-state index in [1.54, 1.807) is 12.3 Å². The standard InChI is InChI=1S/C16H13ClFN7O/c17-9-1-2-10(18)11(4-9)23-14-5-13(19)25-15(24-14)8(6-22-25)3-12-16(26)21-7-20-12/h1-6,20H,7,19H2,(H,21,26)(H,23,24)/b12-3-. The van der Waals surface area contributed by atoms with Gasteiger partial charge in [-0.05, 0) is 24.3 Å². The summed E-state index contributed by atoms with van der Waals surface area (Å²) in [5, 5.41) is 13.0. The van der Waals surface area contributed by atoms with E-state index in [1.165, 1.54) is 28.8 Å². The predicted molar refractivity (Wildman–Crippen MR) is 96.2 cm³/mol. The molecule has 132 valence electrons. The van der Waals surface area contributed by atoms with Crippen LogP contribution in [0.1, 0.15) is 5.56 Å². The Hall–Kier alpha value is -3.33. The number of nitrogens with zero attached hydrogens (tertiary/aromatic N) is 3. The summed E-state index contributed by atoms with van der Waals surface area (Å²) in [4.78, 5) is 16.1. The van der Waals surface area contributed by atoms with Crippen molar-refractivity contribution in [3.05, 3.63) is 52.6 Å². The van der Waals surface area contributed by atoms with Crippen LogP contribution in [0.15, 0.2) is 36.2 Å².